The maximum Gasteiger partial charge on any atom is 0.227 e. The molecule has 3 aromatic heterocycles. The molecule has 0 aliphatic carbocycles. The quantitative estimate of drug-likeness (QED) is 0.144. The molecular formula is C56H36N4O3. The molecule has 0 spiro atoms. The Hall–Kier alpha value is -8.68. The van der Waals surface area contributed by atoms with Crippen LogP contribution in [-0.2, 0) is 0 Å². The van der Waals surface area contributed by atoms with Gasteiger partial charge in [-0.15, -0.1) is 0 Å². The van der Waals surface area contributed by atoms with Gasteiger partial charge in [-0.1, -0.05) is 109 Å². The monoisotopic (exact) mass is 812 g/mol. The molecule has 0 aliphatic heterocycles. The molecule has 12 rings (SSSR count). The molecule has 0 radical (unpaired) electrons. The van der Waals surface area contributed by atoms with Crippen molar-refractivity contribution in [3.05, 3.63) is 218 Å². The number of para-hydroxylation sites is 8. The molecule has 0 amide bonds. The van der Waals surface area contributed by atoms with Crippen LogP contribution >= 0.6 is 0 Å². The summed E-state index contributed by atoms with van der Waals surface area (Å²) in [5.74, 6) is 1.17. The minimum absolute atomic E-state index is 0.572. The average Bonchev–Trinajstić information content (AvgIpc) is 4.09. The maximum absolute atomic E-state index is 7.09. The first-order valence-corrected chi connectivity index (χ1v) is 20.9. The molecule has 0 atom stereocenters. The maximum atomic E-state index is 7.09. The summed E-state index contributed by atoms with van der Waals surface area (Å²) in [5, 5.41) is 2.07. The lowest BCUT2D eigenvalue weighted by Gasteiger charge is -2.26. The zero-order chi connectivity index (χ0) is 41.7. The van der Waals surface area contributed by atoms with Crippen molar-refractivity contribution in [1.82, 2.24) is 9.97 Å². The van der Waals surface area contributed by atoms with Gasteiger partial charge in [0.05, 0.1) is 5.69 Å². The normalized spacial score (nSPS) is 11.5. The summed E-state index contributed by atoms with van der Waals surface area (Å²) in [6, 6.07) is 74.6. The molecule has 12 aromatic rings. The second-order valence-electron chi connectivity index (χ2n) is 15.4. The lowest BCUT2D eigenvalue weighted by Crippen LogP contribution is -2.10. The van der Waals surface area contributed by atoms with Gasteiger partial charge in [0.1, 0.15) is 16.6 Å². The van der Waals surface area contributed by atoms with E-state index in [1.54, 1.807) is 0 Å². The third-order valence-corrected chi connectivity index (χ3v) is 11.5. The Morgan fingerprint density at radius 1 is 0.317 bits per heavy atom. The molecule has 0 unspecified atom stereocenters. The second-order valence-corrected chi connectivity index (χ2v) is 15.4. The number of benzene rings is 9. The highest BCUT2D eigenvalue weighted by molar-refractivity contribution is 6.13. The number of rotatable bonds is 9. The van der Waals surface area contributed by atoms with Crippen LogP contribution in [0.2, 0.25) is 0 Å². The van der Waals surface area contributed by atoms with Crippen molar-refractivity contribution >= 4 is 78.3 Å². The van der Waals surface area contributed by atoms with Crippen LogP contribution in [0.1, 0.15) is 0 Å². The minimum Gasteiger partial charge on any atom is -0.453 e. The van der Waals surface area contributed by atoms with Crippen molar-refractivity contribution in [3.8, 4) is 34.0 Å². The molecule has 298 valence electrons. The van der Waals surface area contributed by atoms with E-state index in [-0.39, 0.29) is 0 Å². The van der Waals surface area contributed by atoms with Crippen molar-refractivity contribution in [3.63, 3.8) is 0 Å². The van der Waals surface area contributed by atoms with Crippen LogP contribution in [0.3, 0.4) is 0 Å². The van der Waals surface area contributed by atoms with Crippen LogP contribution < -0.4 is 9.80 Å². The Bertz CT molecular complexity index is 3530. The van der Waals surface area contributed by atoms with Crippen LogP contribution in [0.5, 0.6) is 0 Å². The molecule has 0 aliphatic rings. The van der Waals surface area contributed by atoms with Crippen LogP contribution in [0.4, 0.5) is 34.1 Å². The third-order valence-electron chi connectivity index (χ3n) is 11.5. The highest BCUT2D eigenvalue weighted by Crippen LogP contribution is 2.45. The summed E-state index contributed by atoms with van der Waals surface area (Å²) < 4.78 is 19.4. The Balaban J connectivity index is 0.957. The highest BCUT2D eigenvalue weighted by Gasteiger charge is 2.22. The number of hydrogen-bond donors (Lipinski definition) is 0. The van der Waals surface area contributed by atoms with Crippen LogP contribution in [0, 0.1) is 0 Å². The summed E-state index contributed by atoms with van der Waals surface area (Å²) in [6.07, 6.45) is 0. The fourth-order valence-electron chi connectivity index (χ4n) is 8.57. The lowest BCUT2D eigenvalue weighted by atomic mass is 10.0. The molecule has 63 heavy (non-hydrogen) atoms. The van der Waals surface area contributed by atoms with E-state index in [1.165, 1.54) is 0 Å². The summed E-state index contributed by atoms with van der Waals surface area (Å²) >= 11 is 0. The zero-order valence-corrected chi connectivity index (χ0v) is 33.8. The van der Waals surface area contributed by atoms with Crippen LogP contribution in [0.25, 0.3) is 78.2 Å². The molecule has 9 aromatic carbocycles. The van der Waals surface area contributed by atoms with Crippen LogP contribution in [-0.4, -0.2) is 9.97 Å². The summed E-state index contributed by atoms with van der Waals surface area (Å²) in [4.78, 5) is 14.0. The van der Waals surface area contributed by atoms with Gasteiger partial charge >= 0.3 is 0 Å². The molecule has 0 saturated heterocycles. The van der Waals surface area contributed by atoms with E-state index < -0.39 is 0 Å². The van der Waals surface area contributed by atoms with Gasteiger partial charge in [0.15, 0.2) is 16.7 Å². The topological polar surface area (TPSA) is 71.7 Å². The van der Waals surface area contributed by atoms with Gasteiger partial charge in [0.25, 0.3) is 0 Å². The van der Waals surface area contributed by atoms with Gasteiger partial charge in [-0.25, -0.2) is 9.97 Å². The van der Waals surface area contributed by atoms with Crippen molar-refractivity contribution in [1.29, 1.82) is 0 Å². The Labute approximate surface area is 362 Å². The van der Waals surface area contributed by atoms with E-state index in [4.69, 9.17) is 23.2 Å². The summed E-state index contributed by atoms with van der Waals surface area (Å²) in [7, 11) is 0. The van der Waals surface area contributed by atoms with E-state index in [0.29, 0.717) is 11.8 Å². The standard InChI is InChI=1S/C56H36N4O3/c1-3-17-40(18-4-1)59(42-33-31-37(32-34-42)55-57-48-26-7-9-29-51(48)61-55)43-21-11-15-38(35-43)45-23-13-24-46-47-25-14-28-50(54(47)63-53(45)46)60(41-19-5-2-6-20-41)44-22-12-16-39(36-44)56-58-49-27-8-10-30-52(49)62-56/h1-36H. The first kappa shape index (κ1) is 36.2. The highest BCUT2D eigenvalue weighted by atomic mass is 16.4. The molecule has 7 heteroatoms. The van der Waals surface area contributed by atoms with Crippen molar-refractivity contribution < 1.29 is 13.3 Å². The molecule has 0 saturated carbocycles. The van der Waals surface area contributed by atoms with Crippen molar-refractivity contribution in [2.75, 3.05) is 9.80 Å². The van der Waals surface area contributed by atoms with E-state index in [9.17, 15) is 0 Å². The average molecular weight is 813 g/mol. The fraction of sp³-hybridized carbons (Fsp3) is 0. The van der Waals surface area contributed by atoms with E-state index >= 15 is 0 Å². The smallest absolute Gasteiger partial charge is 0.227 e. The van der Waals surface area contributed by atoms with Gasteiger partial charge in [0, 0.05) is 55.9 Å². The van der Waals surface area contributed by atoms with Gasteiger partial charge in [-0.05, 0) is 115 Å². The van der Waals surface area contributed by atoms with Gasteiger partial charge in [0.2, 0.25) is 11.8 Å². The molecule has 0 bridgehead atoms. The fourth-order valence-corrected chi connectivity index (χ4v) is 8.57. The van der Waals surface area contributed by atoms with Gasteiger partial charge in [-0.3, -0.25) is 0 Å². The zero-order valence-electron chi connectivity index (χ0n) is 33.8. The molecular weight excluding hydrogens is 777 g/mol. The molecule has 0 fully saturated rings. The van der Waals surface area contributed by atoms with Gasteiger partial charge in [-0.2, -0.15) is 0 Å². The van der Waals surface area contributed by atoms with Crippen molar-refractivity contribution in [2.45, 2.75) is 0 Å². The Kier molecular flexibility index (Phi) is 8.67. The van der Waals surface area contributed by atoms with Gasteiger partial charge < -0.3 is 23.1 Å². The third kappa shape index (κ3) is 6.47. The van der Waals surface area contributed by atoms with E-state index in [1.807, 2.05) is 72.8 Å². The molecule has 3 heterocycles. The second kappa shape index (κ2) is 15.1. The lowest BCUT2D eigenvalue weighted by molar-refractivity contribution is 0.619. The summed E-state index contributed by atoms with van der Waals surface area (Å²) in [5.41, 5.74) is 14.5. The number of aromatic nitrogens is 2. The Morgan fingerprint density at radius 3 is 1.48 bits per heavy atom. The molecule has 7 nitrogen and oxygen atoms in total. The number of oxazole rings is 2. The SMILES string of the molecule is c1ccc(N(c2ccc(-c3nc4ccccc4o3)cc2)c2cccc(-c3cccc4c3oc3c(N(c5ccccc5)c5cccc(-c6nc7ccccc7o6)c5)cccc34)c2)cc1. The van der Waals surface area contributed by atoms with E-state index in [0.717, 1.165) is 101 Å². The number of furan rings is 1. The number of fused-ring (bicyclic) bond motifs is 5. The predicted molar refractivity (Wildman–Crippen MR) is 255 cm³/mol. The number of anilines is 6. The van der Waals surface area contributed by atoms with Crippen molar-refractivity contribution in [2.24, 2.45) is 0 Å². The summed E-state index contributed by atoms with van der Waals surface area (Å²) in [6.45, 7) is 0. The van der Waals surface area contributed by atoms with Crippen LogP contribution in [0.15, 0.2) is 232 Å². The van der Waals surface area contributed by atoms with E-state index in [2.05, 4.69) is 155 Å². The molecule has 0 N–H and O–H groups in total. The first-order valence-electron chi connectivity index (χ1n) is 20.9. The predicted octanol–water partition coefficient (Wildman–Crippen LogP) is 15.8. The largest absolute Gasteiger partial charge is 0.453 e. The minimum atomic E-state index is 0.572. The Morgan fingerprint density at radius 2 is 0.810 bits per heavy atom. The number of nitrogens with zero attached hydrogens (tertiary/aromatic N) is 4. The first-order chi connectivity index (χ1) is 31.2. The number of hydrogen-bond acceptors (Lipinski definition) is 7.